The summed E-state index contributed by atoms with van der Waals surface area (Å²) in [7, 11) is -8.03. The SMILES string of the molecule is CC(C)c1ccc(S(=O)(=O)C2=Cc3ccccc3O[C@@]2(O)c2ccccc2)cc1.CC(C)c1ccc(S(=O)(=O)C2=Cc3ccccc3O[C@@]2(O)c2ccccc2)cc1. The Morgan fingerprint density at radius 1 is 0.431 bits per heavy atom. The molecule has 0 spiro atoms. The number of ether oxygens (including phenoxy) is 2. The molecule has 6 aromatic carbocycles. The third kappa shape index (κ3) is 7.64. The van der Waals surface area contributed by atoms with Crippen molar-refractivity contribution in [2.75, 3.05) is 0 Å². The van der Waals surface area contributed by atoms with Gasteiger partial charge in [-0.1, -0.05) is 149 Å². The lowest BCUT2D eigenvalue weighted by molar-refractivity contribution is -0.107. The third-order valence-corrected chi connectivity index (χ3v) is 14.0. The summed E-state index contributed by atoms with van der Waals surface area (Å²) in [6.07, 6.45) is 3.00. The molecule has 6 aromatic rings. The molecule has 10 heteroatoms. The van der Waals surface area contributed by atoms with E-state index in [0.717, 1.165) is 11.1 Å². The number of aliphatic hydroxyl groups is 2. The van der Waals surface area contributed by atoms with Crippen molar-refractivity contribution in [3.8, 4) is 11.5 Å². The first-order valence-corrected chi connectivity index (χ1v) is 21.9. The van der Waals surface area contributed by atoms with Crippen LogP contribution in [0.5, 0.6) is 11.5 Å². The molecule has 0 unspecified atom stereocenters. The van der Waals surface area contributed by atoms with Crippen LogP contribution in [0.25, 0.3) is 12.2 Å². The second-order valence-electron chi connectivity index (χ2n) is 14.8. The molecule has 2 N–H and O–H groups in total. The minimum Gasteiger partial charge on any atom is -0.452 e. The Hall–Kier alpha value is -5.78. The summed E-state index contributed by atoms with van der Waals surface area (Å²) >= 11 is 0. The van der Waals surface area contributed by atoms with Crippen LogP contribution in [0.4, 0.5) is 0 Å². The summed E-state index contributed by atoms with van der Waals surface area (Å²) in [6.45, 7) is 8.19. The molecule has 0 fully saturated rings. The number of sulfone groups is 2. The minimum absolute atomic E-state index is 0.116. The second-order valence-corrected chi connectivity index (χ2v) is 18.6. The molecule has 0 saturated carbocycles. The van der Waals surface area contributed by atoms with E-state index in [0.29, 0.717) is 33.8 Å². The average Bonchev–Trinajstić information content (AvgIpc) is 3.24. The summed E-state index contributed by atoms with van der Waals surface area (Å²) in [4.78, 5) is -0.171. The molecular weight excluding hydrogens is 769 g/mol. The number of benzene rings is 6. The Morgan fingerprint density at radius 2 is 0.741 bits per heavy atom. The Morgan fingerprint density at radius 3 is 1.07 bits per heavy atom. The van der Waals surface area contributed by atoms with Gasteiger partial charge in [-0.15, -0.1) is 0 Å². The van der Waals surface area contributed by atoms with Crippen LogP contribution in [0.2, 0.25) is 0 Å². The van der Waals surface area contributed by atoms with Crippen LogP contribution in [-0.4, -0.2) is 27.0 Å². The lowest BCUT2D eigenvalue weighted by Crippen LogP contribution is -2.40. The van der Waals surface area contributed by atoms with E-state index in [4.69, 9.17) is 9.47 Å². The fraction of sp³-hybridized carbons (Fsp3) is 0.167. The van der Waals surface area contributed by atoms with E-state index in [9.17, 15) is 27.0 Å². The van der Waals surface area contributed by atoms with Crippen molar-refractivity contribution in [1.29, 1.82) is 0 Å². The average molecular weight is 813 g/mol. The molecule has 2 aliphatic rings. The molecule has 2 atom stereocenters. The van der Waals surface area contributed by atoms with Gasteiger partial charge in [0.15, 0.2) is 0 Å². The van der Waals surface area contributed by atoms with Crippen molar-refractivity contribution in [3.63, 3.8) is 0 Å². The summed E-state index contributed by atoms with van der Waals surface area (Å²) in [5, 5.41) is 23.0. The van der Waals surface area contributed by atoms with Crippen molar-refractivity contribution in [2.24, 2.45) is 0 Å². The molecule has 8 nitrogen and oxygen atoms in total. The zero-order chi connectivity index (χ0) is 41.3. The molecule has 58 heavy (non-hydrogen) atoms. The van der Waals surface area contributed by atoms with Crippen LogP contribution >= 0.6 is 0 Å². The topological polar surface area (TPSA) is 127 Å². The molecule has 0 aromatic heterocycles. The Labute approximate surface area is 340 Å². The fourth-order valence-corrected chi connectivity index (χ4v) is 9.96. The van der Waals surface area contributed by atoms with Gasteiger partial charge in [0.05, 0.1) is 9.79 Å². The van der Waals surface area contributed by atoms with Crippen LogP contribution in [0.3, 0.4) is 0 Å². The van der Waals surface area contributed by atoms with Gasteiger partial charge in [0.25, 0.3) is 11.6 Å². The minimum atomic E-state index is -4.02. The van der Waals surface area contributed by atoms with Gasteiger partial charge in [-0.3, -0.25) is 0 Å². The van der Waals surface area contributed by atoms with Crippen LogP contribution < -0.4 is 9.47 Å². The van der Waals surface area contributed by atoms with E-state index in [-0.39, 0.29) is 31.4 Å². The van der Waals surface area contributed by atoms with E-state index in [2.05, 4.69) is 0 Å². The summed E-state index contributed by atoms with van der Waals surface area (Å²) in [5.41, 5.74) is 3.99. The van der Waals surface area contributed by atoms with Crippen LogP contribution in [0.1, 0.15) is 72.9 Å². The quantitative estimate of drug-likeness (QED) is 0.156. The van der Waals surface area contributed by atoms with E-state index in [1.807, 2.05) is 27.7 Å². The maximum absolute atomic E-state index is 13.6. The molecule has 2 aliphatic heterocycles. The van der Waals surface area contributed by atoms with Gasteiger partial charge in [0.2, 0.25) is 19.7 Å². The van der Waals surface area contributed by atoms with Gasteiger partial charge in [0, 0.05) is 22.3 Å². The van der Waals surface area contributed by atoms with E-state index in [1.165, 1.54) is 12.2 Å². The Bertz CT molecular complexity index is 2520. The van der Waals surface area contributed by atoms with Crippen molar-refractivity contribution in [2.45, 2.75) is 60.9 Å². The molecule has 0 amide bonds. The fourth-order valence-electron chi connectivity index (χ4n) is 6.85. The molecule has 0 radical (unpaired) electrons. The van der Waals surface area contributed by atoms with E-state index < -0.39 is 31.2 Å². The maximum atomic E-state index is 13.6. The zero-order valence-electron chi connectivity index (χ0n) is 32.5. The summed E-state index contributed by atoms with van der Waals surface area (Å²) < 4.78 is 66.0. The van der Waals surface area contributed by atoms with Crippen molar-refractivity contribution in [1.82, 2.24) is 0 Å². The van der Waals surface area contributed by atoms with Gasteiger partial charge in [-0.25, -0.2) is 16.8 Å². The van der Waals surface area contributed by atoms with Gasteiger partial charge in [-0.05, 0) is 71.5 Å². The number of hydrogen-bond donors (Lipinski definition) is 2. The Balaban J connectivity index is 0.000000177. The first-order chi connectivity index (χ1) is 27.6. The highest BCUT2D eigenvalue weighted by molar-refractivity contribution is 7.95. The first kappa shape index (κ1) is 40.4. The monoisotopic (exact) mass is 812 g/mol. The smallest absolute Gasteiger partial charge is 0.273 e. The predicted octanol–water partition coefficient (Wildman–Crippen LogP) is 9.72. The first-order valence-electron chi connectivity index (χ1n) is 18.9. The molecule has 2 heterocycles. The normalized spacial score (nSPS) is 18.7. The number of rotatable bonds is 8. The van der Waals surface area contributed by atoms with Crippen molar-refractivity contribution < 1.29 is 36.5 Å². The third-order valence-electron chi connectivity index (χ3n) is 10.2. The van der Waals surface area contributed by atoms with Gasteiger partial charge in [0.1, 0.15) is 21.3 Å². The standard InChI is InChI=1S/2C24H22O4S/c2*1-17(2)18-12-14-21(15-13-18)29(26,27)23-16-19-8-6-7-11-22(19)28-24(23,25)20-9-4-3-5-10-20/h2*3-17,25H,1-2H3/t2*24-/m00/s1. The molecule has 296 valence electrons. The van der Waals surface area contributed by atoms with Crippen LogP contribution in [0.15, 0.2) is 177 Å². The Kier molecular flexibility index (Phi) is 11.1. The molecule has 0 saturated heterocycles. The highest BCUT2D eigenvalue weighted by Crippen LogP contribution is 2.46. The van der Waals surface area contributed by atoms with E-state index in [1.54, 1.807) is 158 Å². The van der Waals surface area contributed by atoms with Crippen LogP contribution in [0, 0.1) is 0 Å². The number of fused-ring (bicyclic) bond motifs is 2. The van der Waals surface area contributed by atoms with Crippen LogP contribution in [-0.2, 0) is 31.2 Å². The molecular formula is C48H44O8S2. The highest BCUT2D eigenvalue weighted by atomic mass is 32.2. The van der Waals surface area contributed by atoms with Gasteiger partial charge >= 0.3 is 0 Å². The van der Waals surface area contributed by atoms with E-state index >= 15 is 0 Å². The highest BCUT2D eigenvalue weighted by Gasteiger charge is 2.48. The van der Waals surface area contributed by atoms with Crippen molar-refractivity contribution >= 4 is 31.8 Å². The lowest BCUT2D eigenvalue weighted by Gasteiger charge is -2.35. The zero-order valence-corrected chi connectivity index (χ0v) is 34.1. The summed E-state index contributed by atoms with van der Waals surface area (Å²) in [5.74, 6) is -2.81. The predicted molar refractivity (Wildman–Crippen MR) is 226 cm³/mol. The molecule has 8 rings (SSSR count). The molecule has 0 aliphatic carbocycles. The molecule has 0 bridgehead atoms. The second kappa shape index (κ2) is 15.9. The summed E-state index contributed by atoms with van der Waals surface area (Å²) in [6, 6.07) is 44.8. The number of hydrogen-bond acceptors (Lipinski definition) is 8. The lowest BCUT2D eigenvalue weighted by atomic mass is 10.0. The maximum Gasteiger partial charge on any atom is 0.273 e. The largest absolute Gasteiger partial charge is 0.452 e. The van der Waals surface area contributed by atoms with Crippen molar-refractivity contribution in [3.05, 3.63) is 201 Å². The van der Waals surface area contributed by atoms with Gasteiger partial charge < -0.3 is 19.7 Å². The van der Waals surface area contributed by atoms with Gasteiger partial charge in [-0.2, -0.15) is 0 Å². The number of para-hydroxylation sites is 2.